The first-order chi connectivity index (χ1) is 14.9. The summed E-state index contributed by atoms with van der Waals surface area (Å²) in [6.45, 7) is 2.78. The van der Waals surface area contributed by atoms with Crippen molar-refractivity contribution >= 4 is 21.8 Å². The van der Waals surface area contributed by atoms with Crippen molar-refractivity contribution in [1.29, 1.82) is 0 Å². The molecule has 10 heteroatoms. The van der Waals surface area contributed by atoms with Crippen LogP contribution in [0, 0.1) is 0 Å². The molecule has 0 spiro atoms. The second-order valence-electron chi connectivity index (χ2n) is 8.10. The van der Waals surface area contributed by atoms with E-state index < -0.39 is 10.0 Å². The molecule has 1 aromatic rings. The van der Waals surface area contributed by atoms with Gasteiger partial charge in [0.05, 0.1) is 5.75 Å². The molecule has 9 nitrogen and oxygen atoms in total. The number of hydrogen-bond acceptors (Lipinski definition) is 7. The fourth-order valence-electron chi connectivity index (χ4n) is 4.42. The van der Waals surface area contributed by atoms with Gasteiger partial charge in [0.15, 0.2) is 11.5 Å². The summed E-state index contributed by atoms with van der Waals surface area (Å²) in [6.07, 6.45) is 3.20. The van der Waals surface area contributed by atoms with E-state index in [4.69, 9.17) is 9.47 Å². The topological polar surface area (TPSA) is 105 Å². The minimum atomic E-state index is -3.57. The molecular formula is C21H29N3O6S. The molecule has 0 aromatic heterocycles. The van der Waals surface area contributed by atoms with Crippen molar-refractivity contribution < 1.29 is 27.5 Å². The van der Waals surface area contributed by atoms with Crippen molar-refractivity contribution in [3.05, 3.63) is 23.8 Å². The van der Waals surface area contributed by atoms with Gasteiger partial charge >= 0.3 is 0 Å². The minimum Gasteiger partial charge on any atom is -0.486 e. The fourth-order valence-corrected chi connectivity index (χ4v) is 5.39. The number of ether oxygens (including phenoxy) is 2. The van der Waals surface area contributed by atoms with Crippen LogP contribution in [-0.4, -0.2) is 75.2 Å². The predicted octanol–water partition coefficient (Wildman–Crippen LogP) is 1.05. The quantitative estimate of drug-likeness (QED) is 0.589. The molecule has 0 bridgehead atoms. The number of benzene rings is 1. The molecule has 4 rings (SSSR count). The Balaban J connectivity index is 1.28. The van der Waals surface area contributed by atoms with Gasteiger partial charge in [0.1, 0.15) is 13.2 Å². The second-order valence-corrected chi connectivity index (χ2v) is 10.0. The third kappa shape index (κ3) is 5.36. The third-order valence-corrected chi connectivity index (χ3v) is 7.37. The summed E-state index contributed by atoms with van der Waals surface area (Å²) in [5.74, 6) is 0.684. The van der Waals surface area contributed by atoms with E-state index in [-0.39, 0.29) is 36.7 Å². The zero-order valence-electron chi connectivity index (χ0n) is 17.5. The highest BCUT2D eigenvalue weighted by molar-refractivity contribution is 7.89. The number of fused-ring (bicyclic) bond motifs is 1. The summed E-state index contributed by atoms with van der Waals surface area (Å²) in [6, 6.07) is 6.22. The van der Waals surface area contributed by atoms with Crippen molar-refractivity contribution in [1.82, 2.24) is 14.5 Å². The lowest BCUT2D eigenvalue weighted by Crippen LogP contribution is -2.44. The van der Waals surface area contributed by atoms with E-state index in [2.05, 4.69) is 9.62 Å². The number of imide groups is 1. The number of amides is 2. The van der Waals surface area contributed by atoms with E-state index in [1.165, 1.54) is 0 Å². The van der Waals surface area contributed by atoms with Crippen molar-refractivity contribution in [2.24, 2.45) is 0 Å². The van der Waals surface area contributed by atoms with Gasteiger partial charge in [0.2, 0.25) is 21.8 Å². The summed E-state index contributed by atoms with van der Waals surface area (Å²) in [7, 11) is -3.57. The lowest BCUT2D eigenvalue weighted by Gasteiger charge is -2.27. The number of nitrogens with zero attached hydrogens (tertiary/aromatic N) is 2. The predicted molar refractivity (Wildman–Crippen MR) is 113 cm³/mol. The smallest absolute Gasteiger partial charge is 0.229 e. The lowest BCUT2D eigenvalue weighted by molar-refractivity contribution is -0.147. The molecule has 0 radical (unpaired) electrons. The number of likely N-dealkylation sites (tertiary alicyclic amines) is 2. The number of nitrogens with one attached hydrogen (secondary N) is 1. The van der Waals surface area contributed by atoms with Gasteiger partial charge in [0, 0.05) is 38.5 Å². The fraction of sp³-hybridized carbons (Fsp3) is 0.619. The van der Waals surface area contributed by atoms with Crippen molar-refractivity contribution in [3.8, 4) is 11.5 Å². The zero-order chi connectivity index (χ0) is 21.8. The first-order valence-electron chi connectivity index (χ1n) is 10.9. The molecule has 1 aromatic carbocycles. The maximum absolute atomic E-state index is 12.4. The SMILES string of the molecule is O=C1CCCC(=O)N1CCS(=O)(=O)NCCN1CCCC1c1ccc2c(c1)OCCO2. The molecule has 170 valence electrons. The van der Waals surface area contributed by atoms with Crippen LogP contribution in [0.4, 0.5) is 0 Å². The third-order valence-electron chi connectivity index (χ3n) is 6.00. The van der Waals surface area contributed by atoms with Crippen LogP contribution in [0.3, 0.4) is 0 Å². The molecule has 2 amide bonds. The van der Waals surface area contributed by atoms with Crippen LogP contribution in [-0.2, 0) is 19.6 Å². The molecule has 3 heterocycles. The van der Waals surface area contributed by atoms with Gasteiger partial charge in [-0.05, 0) is 43.5 Å². The van der Waals surface area contributed by atoms with E-state index in [1.807, 2.05) is 18.2 Å². The van der Waals surface area contributed by atoms with E-state index in [1.54, 1.807) is 0 Å². The van der Waals surface area contributed by atoms with Crippen LogP contribution in [0.2, 0.25) is 0 Å². The first-order valence-corrected chi connectivity index (χ1v) is 12.5. The Kier molecular flexibility index (Phi) is 6.78. The van der Waals surface area contributed by atoms with Crippen LogP contribution in [0.1, 0.15) is 43.7 Å². The molecule has 1 unspecified atom stereocenters. The Bertz CT molecular complexity index is 919. The van der Waals surface area contributed by atoms with Gasteiger partial charge in [-0.15, -0.1) is 0 Å². The number of sulfonamides is 1. The van der Waals surface area contributed by atoms with E-state index >= 15 is 0 Å². The maximum Gasteiger partial charge on any atom is 0.229 e. The molecule has 0 aliphatic carbocycles. The van der Waals surface area contributed by atoms with Crippen LogP contribution in [0.25, 0.3) is 0 Å². The van der Waals surface area contributed by atoms with Crippen LogP contribution < -0.4 is 14.2 Å². The molecule has 0 saturated carbocycles. The first kappa shape index (κ1) is 22.0. The summed E-state index contributed by atoms with van der Waals surface area (Å²) < 4.78 is 38.6. The average Bonchev–Trinajstić information content (AvgIpc) is 3.21. The van der Waals surface area contributed by atoms with Crippen LogP contribution in [0.15, 0.2) is 18.2 Å². The number of rotatable bonds is 8. The molecular weight excluding hydrogens is 422 g/mol. The molecule has 31 heavy (non-hydrogen) atoms. The summed E-state index contributed by atoms with van der Waals surface area (Å²) in [4.78, 5) is 27.0. The van der Waals surface area contributed by atoms with Gasteiger partial charge in [-0.2, -0.15) is 0 Å². The number of piperidine rings is 1. The van der Waals surface area contributed by atoms with E-state index in [0.29, 0.717) is 39.0 Å². The molecule has 3 aliphatic rings. The van der Waals surface area contributed by atoms with Gasteiger partial charge in [-0.3, -0.25) is 19.4 Å². The standard InChI is InChI=1S/C21H29N3O6S/c25-20-4-1-5-21(26)24(20)11-14-31(27,28)22-8-10-23-9-2-3-17(23)16-6-7-18-19(15-16)30-13-12-29-18/h6-7,15,17,22H,1-5,8-14H2. The van der Waals surface area contributed by atoms with Crippen molar-refractivity contribution in [3.63, 3.8) is 0 Å². The molecule has 2 fully saturated rings. The Labute approximate surface area is 182 Å². The highest BCUT2D eigenvalue weighted by Gasteiger charge is 2.29. The molecule has 2 saturated heterocycles. The Hall–Kier alpha value is -2.17. The van der Waals surface area contributed by atoms with Crippen LogP contribution >= 0.6 is 0 Å². The average molecular weight is 452 g/mol. The summed E-state index contributed by atoms with van der Waals surface area (Å²) in [5.41, 5.74) is 1.15. The van der Waals surface area contributed by atoms with Gasteiger partial charge < -0.3 is 9.47 Å². The van der Waals surface area contributed by atoms with Gasteiger partial charge in [-0.25, -0.2) is 13.1 Å². The molecule has 1 atom stereocenters. The zero-order valence-corrected chi connectivity index (χ0v) is 18.4. The Morgan fingerprint density at radius 2 is 1.74 bits per heavy atom. The number of carbonyl (C=O) groups excluding carboxylic acids is 2. The summed E-state index contributed by atoms with van der Waals surface area (Å²) in [5, 5.41) is 0. The second kappa shape index (κ2) is 9.54. The Morgan fingerprint density at radius 1 is 1.00 bits per heavy atom. The summed E-state index contributed by atoms with van der Waals surface area (Å²) >= 11 is 0. The van der Waals surface area contributed by atoms with E-state index in [0.717, 1.165) is 41.3 Å². The molecule has 1 N–H and O–H groups in total. The van der Waals surface area contributed by atoms with Crippen molar-refractivity contribution in [2.75, 3.05) is 45.1 Å². The maximum atomic E-state index is 12.4. The monoisotopic (exact) mass is 451 g/mol. The van der Waals surface area contributed by atoms with E-state index in [9.17, 15) is 18.0 Å². The number of hydrogen-bond donors (Lipinski definition) is 1. The normalized spacial score (nSPS) is 22.2. The van der Waals surface area contributed by atoms with Gasteiger partial charge in [0.25, 0.3) is 0 Å². The minimum absolute atomic E-state index is 0.0868. The van der Waals surface area contributed by atoms with Crippen molar-refractivity contribution in [2.45, 2.75) is 38.1 Å². The Morgan fingerprint density at radius 3 is 2.52 bits per heavy atom. The van der Waals surface area contributed by atoms with Crippen LogP contribution in [0.5, 0.6) is 11.5 Å². The number of carbonyl (C=O) groups is 2. The molecule has 3 aliphatic heterocycles. The highest BCUT2D eigenvalue weighted by atomic mass is 32.2. The largest absolute Gasteiger partial charge is 0.486 e. The lowest BCUT2D eigenvalue weighted by atomic mass is 10.0. The van der Waals surface area contributed by atoms with Gasteiger partial charge in [-0.1, -0.05) is 6.07 Å². The highest BCUT2D eigenvalue weighted by Crippen LogP contribution is 2.37.